The summed E-state index contributed by atoms with van der Waals surface area (Å²) in [6, 6.07) is -0.214. The molecule has 4 rings (SSSR count). The third-order valence-electron chi connectivity index (χ3n) is 6.79. The Morgan fingerprint density at radius 3 is 2.41 bits per heavy atom. The van der Waals surface area contributed by atoms with Crippen molar-refractivity contribution >= 4 is 47.2 Å². The molecule has 10 nitrogen and oxygen atoms in total. The first-order chi connectivity index (χ1) is 17.6. The van der Waals surface area contributed by atoms with Crippen LogP contribution in [0, 0.1) is 11.8 Å². The van der Waals surface area contributed by atoms with Crippen LogP contribution >= 0.6 is 24.0 Å². The summed E-state index contributed by atoms with van der Waals surface area (Å²) in [5, 5.41) is 55.5. The number of phenolic OH excluding ortho intramolecular Hbond substituents is 1. The maximum atomic E-state index is 13.9. The van der Waals surface area contributed by atoms with Gasteiger partial charge < -0.3 is 31.3 Å². The molecule has 1 aromatic rings. The van der Waals surface area contributed by atoms with Crippen LogP contribution < -0.4 is 5.73 Å². The lowest BCUT2D eigenvalue weighted by atomic mass is 9.54. The number of hydrogen-bond donors (Lipinski definition) is 6. The molecule has 1 amide bonds. The predicted molar refractivity (Wildman–Crippen MR) is 122 cm³/mol. The van der Waals surface area contributed by atoms with Crippen LogP contribution in [0.5, 0.6) is 5.75 Å². The van der Waals surface area contributed by atoms with Crippen molar-refractivity contribution in [1.29, 1.82) is 0 Å². The molecule has 3 aliphatic rings. The van der Waals surface area contributed by atoms with Gasteiger partial charge >= 0.3 is 0 Å². The molecular weight excluding hydrogens is 491 g/mol. The number of phenols is 1. The molecule has 1 saturated carbocycles. The molecule has 0 saturated heterocycles. The normalized spacial score (nSPS) is 36.1. The average Bonchev–Trinajstić information content (AvgIpc) is 2.76. The van der Waals surface area contributed by atoms with Crippen LogP contribution in [0.2, 0.25) is 5.02 Å². The number of amides is 1. The fourth-order valence-electron chi connectivity index (χ4n) is 5.28. The topological polar surface area (TPSA) is 182 Å². The van der Waals surface area contributed by atoms with Crippen molar-refractivity contribution in [3.63, 3.8) is 0 Å². The first kappa shape index (κ1) is 18.7. The predicted octanol–water partition coefficient (Wildman–Crippen LogP) is 0.704. The SMILES string of the molecule is Cl.[2H]C([2H])([2H])N([C@@H]1C(=O)C(C(N)=O)=C(O)[C@@]2(O)C(=O)C3=C(O)c4c(O)ccc(Cl)c4[C@@](C)(O)[C@H]3C[C@@H]12)C([2H])([2H])[2H]. The molecular formula is C22H24Cl2N2O8. The molecule has 0 unspecified atom stereocenters. The molecule has 5 atom stereocenters. The number of aliphatic hydroxyl groups excluding tert-OH is 2. The van der Waals surface area contributed by atoms with E-state index in [0.29, 0.717) is 0 Å². The summed E-state index contributed by atoms with van der Waals surface area (Å²) in [5.41, 5.74) is -3.24. The van der Waals surface area contributed by atoms with E-state index >= 15 is 0 Å². The minimum Gasteiger partial charge on any atom is -0.508 e. The van der Waals surface area contributed by atoms with Gasteiger partial charge in [0.1, 0.15) is 22.8 Å². The van der Waals surface area contributed by atoms with E-state index in [-0.39, 0.29) is 27.9 Å². The van der Waals surface area contributed by atoms with E-state index in [9.17, 15) is 39.9 Å². The Labute approximate surface area is 213 Å². The van der Waals surface area contributed by atoms with Gasteiger partial charge in [-0.15, -0.1) is 12.4 Å². The van der Waals surface area contributed by atoms with Gasteiger partial charge in [-0.2, -0.15) is 0 Å². The Morgan fingerprint density at radius 2 is 1.85 bits per heavy atom. The largest absolute Gasteiger partial charge is 0.508 e. The molecule has 0 spiro atoms. The number of carbonyl (C=O) groups excluding carboxylic acids is 3. The number of carbonyl (C=O) groups is 3. The number of rotatable bonds is 2. The minimum absolute atomic E-state index is 0. The Morgan fingerprint density at radius 1 is 1.24 bits per heavy atom. The minimum atomic E-state index is -3.57. The second-order valence-corrected chi connectivity index (χ2v) is 8.89. The number of fused-ring (bicyclic) bond motifs is 3. The molecule has 12 heteroatoms. The van der Waals surface area contributed by atoms with Gasteiger partial charge in [0.2, 0.25) is 5.78 Å². The first-order valence-electron chi connectivity index (χ1n) is 12.6. The zero-order valence-corrected chi connectivity index (χ0v) is 18.9. The molecule has 0 aromatic heterocycles. The van der Waals surface area contributed by atoms with Gasteiger partial charge in [-0.25, -0.2) is 0 Å². The fourth-order valence-corrected chi connectivity index (χ4v) is 5.63. The first-order valence-corrected chi connectivity index (χ1v) is 10.0. The third kappa shape index (κ3) is 3.03. The molecule has 0 aliphatic heterocycles. The monoisotopic (exact) mass is 520 g/mol. The van der Waals surface area contributed by atoms with Crippen molar-refractivity contribution in [1.82, 2.24) is 4.90 Å². The number of aliphatic hydroxyl groups is 4. The fraction of sp³-hybridized carbons (Fsp3) is 0.409. The Bertz CT molecular complexity index is 1390. The second kappa shape index (κ2) is 7.96. The van der Waals surface area contributed by atoms with Gasteiger partial charge in [0.25, 0.3) is 5.91 Å². The van der Waals surface area contributed by atoms with E-state index in [4.69, 9.17) is 25.6 Å². The maximum Gasteiger partial charge on any atom is 0.255 e. The summed E-state index contributed by atoms with van der Waals surface area (Å²) in [6.45, 7) is -6.00. The molecule has 1 aromatic carbocycles. The summed E-state index contributed by atoms with van der Waals surface area (Å²) >= 11 is 6.25. The molecule has 3 aliphatic carbocycles. The zero-order valence-electron chi connectivity index (χ0n) is 23.4. The number of Topliss-reactive ketones (excluding diaryl/α,β-unsaturated/α-hetero) is 2. The van der Waals surface area contributed by atoms with Crippen molar-refractivity contribution in [2.45, 2.75) is 30.6 Å². The highest BCUT2D eigenvalue weighted by atomic mass is 35.5. The van der Waals surface area contributed by atoms with E-state index < -0.39 is 101 Å². The van der Waals surface area contributed by atoms with E-state index in [0.717, 1.165) is 13.0 Å². The van der Waals surface area contributed by atoms with Gasteiger partial charge in [-0.3, -0.25) is 19.3 Å². The Hall–Kier alpha value is -2.63. The van der Waals surface area contributed by atoms with Crippen LogP contribution in [0.1, 0.15) is 32.7 Å². The standard InChI is InChI=1S/C22H23ClN2O8.ClH/c1-21(32)7-6-8-15(25(2)3)17(28)13(20(24)31)19(30)22(8,33)18(29)11(7)16(27)12-10(26)5-4-9(23)14(12)21;/h4-5,7-8,15,26-27,30,32-33H,6H2,1-3H3,(H2,24,31);1H/t7-,8-,15-,21-,22-;/m0./s1/i2D3,3D3;. The molecule has 34 heavy (non-hydrogen) atoms. The maximum absolute atomic E-state index is 13.9. The van der Waals surface area contributed by atoms with Crippen molar-refractivity contribution < 1.29 is 48.1 Å². The van der Waals surface area contributed by atoms with Gasteiger partial charge in [0, 0.05) is 36.2 Å². The van der Waals surface area contributed by atoms with Gasteiger partial charge in [-0.1, -0.05) is 11.6 Å². The number of nitrogens with zero attached hydrogens (tertiary/aromatic N) is 1. The number of benzene rings is 1. The second-order valence-electron chi connectivity index (χ2n) is 8.48. The summed E-state index contributed by atoms with van der Waals surface area (Å²) in [6.07, 6.45) is -0.783. The molecule has 0 radical (unpaired) electrons. The van der Waals surface area contributed by atoms with Crippen LogP contribution in [0.3, 0.4) is 0 Å². The molecule has 1 fully saturated rings. The van der Waals surface area contributed by atoms with Crippen LogP contribution in [0.25, 0.3) is 5.76 Å². The lowest BCUT2D eigenvalue weighted by Crippen LogP contribution is -2.67. The number of likely N-dealkylation sites (N-methyl/N-ethyl adjacent to an activating group) is 1. The summed E-state index contributed by atoms with van der Waals surface area (Å²) in [4.78, 5) is 39.3. The van der Waals surface area contributed by atoms with Crippen LogP contribution in [-0.4, -0.2) is 73.5 Å². The number of nitrogens with two attached hydrogens (primary N) is 1. The Kier molecular flexibility index (Phi) is 4.37. The smallest absolute Gasteiger partial charge is 0.255 e. The van der Waals surface area contributed by atoms with Crippen molar-refractivity contribution in [3.8, 4) is 5.75 Å². The zero-order chi connectivity index (χ0) is 29.8. The Balaban J connectivity index is 0.00000441. The van der Waals surface area contributed by atoms with Crippen molar-refractivity contribution in [2.24, 2.45) is 17.6 Å². The average molecular weight is 521 g/mol. The van der Waals surface area contributed by atoms with Gasteiger partial charge in [0.05, 0.1) is 17.2 Å². The molecule has 7 N–H and O–H groups in total. The molecule has 0 heterocycles. The van der Waals surface area contributed by atoms with Crippen molar-refractivity contribution in [2.75, 3.05) is 14.0 Å². The highest BCUT2D eigenvalue weighted by molar-refractivity contribution is 6.32. The molecule has 0 bridgehead atoms. The molecule has 184 valence electrons. The van der Waals surface area contributed by atoms with Crippen LogP contribution in [-0.2, 0) is 20.0 Å². The van der Waals surface area contributed by atoms with E-state index in [2.05, 4.69) is 0 Å². The number of ketones is 2. The summed E-state index contributed by atoms with van der Waals surface area (Å²) < 4.78 is 46.8. The number of hydrogen-bond acceptors (Lipinski definition) is 9. The quantitative estimate of drug-likeness (QED) is 0.305. The highest BCUT2D eigenvalue weighted by Gasteiger charge is 2.66. The highest BCUT2D eigenvalue weighted by Crippen LogP contribution is 2.58. The number of primary amides is 1. The van der Waals surface area contributed by atoms with Gasteiger partial charge in [0.15, 0.2) is 11.4 Å². The number of aromatic hydroxyl groups is 1. The van der Waals surface area contributed by atoms with E-state index in [1.807, 2.05) is 0 Å². The summed E-state index contributed by atoms with van der Waals surface area (Å²) in [7, 11) is 0. The summed E-state index contributed by atoms with van der Waals surface area (Å²) in [5.74, 6) is -11.7. The van der Waals surface area contributed by atoms with E-state index in [1.54, 1.807) is 0 Å². The third-order valence-corrected chi connectivity index (χ3v) is 7.11. The van der Waals surface area contributed by atoms with E-state index in [1.165, 1.54) is 6.07 Å². The van der Waals surface area contributed by atoms with Crippen LogP contribution in [0.4, 0.5) is 0 Å². The number of halogens is 2. The van der Waals surface area contributed by atoms with Crippen molar-refractivity contribution in [3.05, 3.63) is 45.2 Å². The van der Waals surface area contributed by atoms with Gasteiger partial charge in [-0.05, 0) is 39.4 Å². The lowest BCUT2D eigenvalue weighted by molar-refractivity contribution is -0.159. The van der Waals surface area contributed by atoms with Crippen LogP contribution in [0.15, 0.2) is 29.0 Å². The lowest BCUT2D eigenvalue weighted by Gasteiger charge is -2.53.